The summed E-state index contributed by atoms with van der Waals surface area (Å²) >= 11 is 0. The second-order valence-electron chi connectivity index (χ2n) is 7.95. The Bertz CT molecular complexity index is 925. The van der Waals surface area contributed by atoms with Crippen molar-refractivity contribution in [2.24, 2.45) is 0 Å². The van der Waals surface area contributed by atoms with E-state index in [1.54, 1.807) is 17.9 Å². The Morgan fingerprint density at radius 2 is 1.68 bits per heavy atom. The van der Waals surface area contributed by atoms with E-state index >= 15 is 0 Å². The van der Waals surface area contributed by atoms with Crippen LogP contribution < -0.4 is 4.90 Å². The molecule has 2 heterocycles. The zero-order valence-electron chi connectivity index (χ0n) is 16.4. The molecule has 0 aliphatic carbocycles. The second kappa shape index (κ2) is 7.04. The fourth-order valence-electron chi connectivity index (χ4n) is 4.59. The van der Waals surface area contributed by atoms with Crippen LogP contribution in [0.1, 0.15) is 47.2 Å². The smallest absolute Gasteiger partial charge is 0.255 e. The molecule has 2 aliphatic heterocycles. The molecule has 1 atom stereocenters. The number of rotatable bonds is 2. The summed E-state index contributed by atoms with van der Waals surface area (Å²) in [6, 6.07) is 12.2. The largest absolute Gasteiger partial charge is 0.324 e. The summed E-state index contributed by atoms with van der Waals surface area (Å²) in [5.74, 6) is -0.686. The van der Waals surface area contributed by atoms with Crippen LogP contribution in [0.2, 0.25) is 0 Å². The number of carbonyl (C=O) groups excluding carboxylic acids is 2. The zero-order chi connectivity index (χ0) is 19.9. The van der Waals surface area contributed by atoms with Crippen molar-refractivity contribution in [3.63, 3.8) is 0 Å². The Morgan fingerprint density at radius 1 is 1.00 bits per heavy atom. The third-order valence-corrected chi connectivity index (χ3v) is 6.12. The Balaban J connectivity index is 1.69. The SMILES string of the molecule is Cc1ccc(N2CCCC3(CCCN3C(=O)c3cc(F)ccc3C)C2=O)cc1. The summed E-state index contributed by atoms with van der Waals surface area (Å²) in [5.41, 5.74) is 2.27. The number of amides is 2. The molecular weight excluding hydrogens is 355 g/mol. The van der Waals surface area contributed by atoms with Gasteiger partial charge in [0.2, 0.25) is 0 Å². The average Bonchev–Trinajstić information content (AvgIpc) is 3.11. The number of aryl methyl sites for hydroxylation is 2. The van der Waals surface area contributed by atoms with E-state index in [2.05, 4.69) is 0 Å². The molecule has 0 N–H and O–H groups in total. The number of anilines is 1. The van der Waals surface area contributed by atoms with E-state index in [1.807, 2.05) is 36.1 Å². The Labute approximate surface area is 164 Å². The molecule has 2 aliphatic rings. The van der Waals surface area contributed by atoms with Crippen LogP contribution in [0.4, 0.5) is 10.1 Å². The van der Waals surface area contributed by atoms with Crippen LogP contribution in [-0.2, 0) is 4.79 Å². The number of hydrogen-bond acceptors (Lipinski definition) is 2. The lowest BCUT2D eigenvalue weighted by Crippen LogP contribution is -2.61. The molecule has 28 heavy (non-hydrogen) atoms. The summed E-state index contributed by atoms with van der Waals surface area (Å²) in [6.45, 7) is 5.01. The van der Waals surface area contributed by atoms with Gasteiger partial charge in [0.15, 0.2) is 0 Å². The predicted molar refractivity (Wildman–Crippen MR) is 107 cm³/mol. The van der Waals surface area contributed by atoms with Crippen molar-refractivity contribution in [3.8, 4) is 0 Å². The van der Waals surface area contributed by atoms with Crippen LogP contribution in [-0.4, -0.2) is 35.3 Å². The highest BCUT2D eigenvalue weighted by Gasteiger charge is 2.53. The molecule has 2 saturated heterocycles. The van der Waals surface area contributed by atoms with Gasteiger partial charge in [-0.25, -0.2) is 4.39 Å². The Hall–Kier alpha value is -2.69. The molecule has 4 rings (SSSR count). The van der Waals surface area contributed by atoms with Gasteiger partial charge in [-0.3, -0.25) is 9.59 Å². The normalized spacial score (nSPS) is 22.2. The van der Waals surface area contributed by atoms with Crippen molar-refractivity contribution >= 4 is 17.5 Å². The minimum absolute atomic E-state index is 0.0116. The van der Waals surface area contributed by atoms with Gasteiger partial charge < -0.3 is 9.80 Å². The lowest BCUT2D eigenvalue weighted by molar-refractivity contribution is -0.130. The van der Waals surface area contributed by atoms with Crippen molar-refractivity contribution in [2.45, 2.75) is 45.1 Å². The topological polar surface area (TPSA) is 40.6 Å². The van der Waals surface area contributed by atoms with Crippen LogP contribution >= 0.6 is 0 Å². The third kappa shape index (κ3) is 2.99. The highest BCUT2D eigenvalue weighted by Crippen LogP contribution is 2.40. The quantitative estimate of drug-likeness (QED) is 0.782. The van der Waals surface area contributed by atoms with Crippen LogP contribution in [0, 0.1) is 19.7 Å². The maximum atomic E-state index is 13.8. The van der Waals surface area contributed by atoms with Crippen molar-refractivity contribution in [2.75, 3.05) is 18.0 Å². The summed E-state index contributed by atoms with van der Waals surface area (Å²) in [4.78, 5) is 30.4. The molecule has 0 bridgehead atoms. The van der Waals surface area contributed by atoms with Gasteiger partial charge >= 0.3 is 0 Å². The zero-order valence-corrected chi connectivity index (χ0v) is 16.4. The molecule has 146 valence electrons. The first-order chi connectivity index (χ1) is 13.4. The van der Waals surface area contributed by atoms with E-state index in [1.165, 1.54) is 12.1 Å². The van der Waals surface area contributed by atoms with Crippen molar-refractivity contribution in [3.05, 3.63) is 65.0 Å². The molecule has 2 amide bonds. The fraction of sp³-hybridized carbons (Fsp3) is 0.391. The van der Waals surface area contributed by atoms with Crippen LogP contribution in [0.15, 0.2) is 42.5 Å². The Kier molecular flexibility index (Phi) is 4.69. The van der Waals surface area contributed by atoms with Gasteiger partial charge in [0.05, 0.1) is 0 Å². The van der Waals surface area contributed by atoms with Crippen LogP contribution in [0.3, 0.4) is 0 Å². The van der Waals surface area contributed by atoms with E-state index in [9.17, 15) is 14.0 Å². The van der Waals surface area contributed by atoms with E-state index in [4.69, 9.17) is 0 Å². The molecule has 2 aromatic rings. The summed E-state index contributed by atoms with van der Waals surface area (Å²) in [7, 11) is 0. The van der Waals surface area contributed by atoms with Crippen LogP contribution in [0.5, 0.6) is 0 Å². The van der Waals surface area contributed by atoms with Gasteiger partial charge in [0.25, 0.3) is 11.8 Å². The minimum Gasteiger partial charge on any atom is -0.324 e. The summed E-state index contributed by atoms with van der Waals surface area (Å²) in [5, 5.41) is 0. The maximum absolute atomic E-state index is 13.8. The first kappa shape index (κ1) is 18.7. The molecule has 2 fully saturated rings. The van der Waals surface area contributed by atoms with Crippen LogP contribution in [0.25, 0.3) is 0 Å². The maximum Gasteiger partial charge on any atom is 0.255 e. The molecule has 1 spiro atoms. The standard InChI is InChI=1S/C23H25FN2O2/c1-16-5-9-19(10-6-16)25-13-3-11-23(22(25)28)12-4-14-26(23)21(27)20-15-18(24)8-7-17(20)2/h5-10,15H,3-4,11-14H2,1-2H3. The highest BCUT2D eigenvalue weighted by molar-refractivity contribution is 6.06. The fourth-order valence-corrected chi connectivity index (χ4v) is 4.59. The molecule has 5 heteroatoms. The van der Waals surface area contributed by atoms with E-state index < -0.39 is 11.4 Å². The molecule has 0 aromatic heterocycles. The number of halogens is 1. The predicted octanol–water partition coefficient (Wildman–Crippen LogP) is 4.24. The van der Waals surface area contributed by atoms with Gasteiger partial charge in [-0.05, 0) is 69.4 Å². The Morgan fingerprint density at radius 3 is 2.39 bits per heavy atom. The summed E-state index contributed by atoms with van der Waals surface area (Å²) in [6.07, 6.45) is 2.95. The van der Waals surface area contributed by atoms with Crippen molar-refractivity contribution in [1.29, 1.82) is 0 Å². The van der Waals surface area contributed by atoms with E-state index in [0.717, 1.165) is 29.7 Å². The lowest BCUT2D eigenvalue weighted by Gasteiger charge is -2.44. The van der Waals surface area contributed by atoms with E-state index in [0.29, 0.717) is 31.5 Å². The molecule has 0 saturated carbocycles. The van der Waals surface area contributed by atoms with Gasteiger partial charge in [0.1, 0.15) is 11.4 Å². The number of nitrogens with zero attached hydrogens (tertiary/aromatic N) is 2. The molecule has 1 unspecified atom stereocenters. The van der Waals surface area contributed by atoms with Crippen molar-refractivity contribution in [1.82, 2.24) is 4.90 Å². The van der Waals surface area contributed by atoms with Crippen molar-refractivity contribution < 1.29 is 14.0 Å². The third-order valence-electron chi connectivity index (χ3n) is 6.12. The molecule has 4 nitrogen and oxygen atoms in total. The first-order valence-electron chi connectivity index (χ1n) is 9.89. The lowest BCUT2D eigenvalue weighted by atomic mass is 9.84. The number of likely N-dealkylation sites (tertiary alicyclic amines) is 1. The molecule has 2 aromatic carbocycles. The average molecular weight is 380 g/mol. The number of benzene rings is 2. The van der Waals surface area contributed by atoms with E-state index in [-0.39, 0.29) is 11.8 Å². The second-order valence-corrected chi connectivity index (χ2v) is 7.95. The molecular formula is C23H25FN2O2. The monoisotopic (exact) mass is 380 g/mol. The van der Waals surface area contributed by atoms with Gasteiger partial charge in [0, 0.05) is 24.3 Å². The highest BCUT2D eigenvalue weighted by atomic mass is 19.1. The van der Waals surface area contributed by atoms with Gasteiger partial charge in [-0.15, -0.1) is 0 Å². The summed E-state index contributed by atoms with van der Waals surface area (Å²) < 4.78 is 13.8. The number of hydrogen-bond donors (Lipinski definition) is 0. The first-order valence-corrected chi connectivity index (χ1v) is 9.89. The van der Waals surface area contributed by atoms with Gasteiger partial charge in [-0.1, -0.05) is 23.8 Å². The number of piperidine rings is 1. The molecule has 0 radical (unpaired) electrons. The number of carbonyl (C=O) groups is 2. The minimum atomic E-state index is -0.820. The van der Waals surface area contributed by atoms with Gasteiger partial charge in [-0.2, -0.15) is 0 Å².